The number of ether oxygens (including phenoxy) is 1. The molecule has 4 rings (SSSR count). The molecule has 1 heterocycles. The number of fused-ring (bicyclic) bond motifs is 1. The van der Waals surface area contributed by atoms with Crippen LogP contribution in [0.4, 0.5) is 0 Å². The molecule has 1 aliphatic rings. The first-order valence-corrected chi connectivity index (χ1v) is 8.72. The average molecular weight is 361 g/mol. The van der Waals surface area contributed by atoms with E-state index in [0.29, 0.717) is 17.9 Å². The van der Waals surface area contributed by atoms with Crippen molar-refractivity contribution in [3.63, 3.8) is 0 Å². The van der Waals surface area contributed by atoms with Crippen LogP contribution < -0.4 is 10.1 Å². The van der Waals surface area contributed by atoms with Gasteiger partial charge in [-0.25, -0.2) is 0 Å². The van der Waals surface area contributed by atoms with Gasteiger partial charge in [0.2, 0.25) is 0 Å². The van der Waals surface area contributed by atoms with Gasteiger partial charge in [-0.15, -0.1) is 0 Å². The van der Waals surface area contributed by atoms with Crippen molar-refractivity contribution in [1.82, 2.24) is 5.32 Å². The first-order chi connectivity index (χ1) is 13.1. The second-order valence-electron chi connectivity index (χ2n) is 6.55. The van der Waals surface area contributed by atoms with Crippen LogP contribution in [0.2, 0.25) is 0 Å². The summed E-state index contributed by atoms with van der Waals surface area (Å²) in [6.45, 7) is 0.348. The lowest BCUT2D eigenvalue weighted by Gasteiger charge is -2.34. The summed E-state index contributed by atoms with van der Waals surface area (Å²) in [5.41, 5.74) is 2.33. The zero-order chi connectivity index (χ0) is 18.8. The molecule has 0 saturated carbocycles. The fourth-order valence-corrected chi connectivity index (χ4v) is 3.40. The zero-order valence-corrected chi connectivity index (χ0v) is 14.5. The first kappa shape index (κ1) is 17.0. The number of phenols is 2. The summed E-state index contributed by atoms with van der Waals surface area (Å²) in [5.74, 6) is 0.555. The Morgan fingerprint density at radius 1 is 0.926 bits per heavy atom. The molecule has 0 aromatic heterocycles. The SMILES string of the molecule is O=C(NC1c2ccc(O)cc2OCC1c1ccc(O)cc1)c1ccccc1. The Labute approximate surface area is 156 Å². The molecule has 0 spiro atoms. The number of rotatable bonds is 3. The number of aromatic hydroxyl groups is 2. The fraction of sp³-hybridized carbons (Fsp3) is 0.136. The van der Waals surface area contributed by atoms with Crippen LogP contribution in [0, 0.1) is 0 Å². The van der Waals surface area contributed by atoms with Crippen molar-refractivity contribution in [2.45, 2.75) is 12.0 Å². The van der Waals surface area contributed by atoms with E-state index in [4.69, 9.17) is 4.74 Å². The predicted molar refractivity (Wildman–Crippen MR) is 101 cm³/mol. The van der Waals surface area contributed by atoms with E-state index in [1.807, 2.05) is 30.3 Å². The Morgan fingerprint density at radius 3 is 2.37 bits per heavy atom. The molecule has 0 radical (unpaired) electrons. The summed E-state index contributed by atoms with van der Waals surface area (Å²) in [7, 11) is 0. The second kappa shape index (κ2) is 7.03. The smallest absolute Gasteiger partial charge is 0.251 e. The van der Waals surface area contributed by atoms with Gasteiger partial charge < -0.3 is 20.3 Å². The minimum absolute atomic E-state index is 0.116. The van der Waals surface area contributed by atoms with Gasteiger partial charge in [-0.05, 0) is 42.0 Å². The highest BCUT2D eigenvalue weighted by Crippen LogP contribution is 2.42. The van der Waals surface area contributed by atoms with E-state index >= 15 is 0 Å². The molecule has 27 heavy (non-hydrogen) atoms. The minimum Gasteiger partial charge on any atom is -0.508 e. The van der Waals surface area contributed by atoms with Crippen molar-refractivity contribution in [2.24, 2.45) is 0 Å². The molecule has 2 unspecified atom stereocenters. The zero-order valence-electron chi connectivity index (χ0n) is 14.5. The molecule has 1 amide bonds. The van der Waals surface area contributed by atoms with Crippen LogP contribution in [0.3, 0.4) is 0 Å². The van der Waals surface area contributed by atoms with E-state index in [1.165, 1.54) is 0 Å². The molecule has 2 atom stereocenters. The highest BCUT2D eigenvalue weighted by Gasteiger charge is 2.33. The predicted octanol–water partition coefficient (Wildman–Crippen LogP) is 3.75. The van der Waals surface area contributed by atoms with Gasteiger partial charge >= 0.3 is 0 Å². The Balaban J connectivity index is 1.71. The molecule has 136 valence electrons. The monoisotopic (exact) mass is 361 g/mol. The van der Waals surface area contributed by atoms with Gasteiger partial charge in [0.15, 0.2) is 0 Å². The van der Waals surface area contributed by atoms with Crippen molar-refractivity contribution in [2.75, 3.05) is 6.61 Å². The van der Waals surface area contributed by atoms with Crippen LogP contribution in [0.1, 0.15) is 33.4 Å². The first-order valence-electron chi connectivity index (χ1n) is 8.72. The summed E-state index contributed by atoms with van der Waals surface area (Å²) in [5, 5.41) is 22.4. The molecule has 1 aliphatic heterocycles. The minimum atomic E-state index is -0.327. The van der Waals surface area contributed by atoms with Crippen molar-refractivity contribution < 1.29 is 19.7 Å². The molecule has 3 aromatic carbocycles. The number of nitrogens with one attached hydrogen (secondary N) is 1. The third-order valence-electron chi connectivity index (χ3n) is 4.80. The third kappa shape index (κ3) is 3.44. The van der Waals surface area contributed by atoms with Crippen molar-refractivity contribution >= 4 is 5.91 Å². The molecule has 5 nitrogen and oxygen atoms in total. The standard InChI is InChI=1S/C22H19NO4/c24-16-8-6-14(7-9-16)19-13-27-20-12-17(25)10-11-18(20)21(19)23-22(26)15-4-2-1-3-5-15/h1-12,19,21,24-25H,13H2,(H,23,26). The maximum absolute atomic E-state index is 12.8. The third-order valence-corrected chi connectivity index (χ3v) is 4.80. The summed E-state index contributed by atoms with van der Waals surface area (Å²) < 4.78 is 5.85. The van der Waals surface area contributed by atoms with Gasteiger partial charge in [0.05, 0.1) is 12.6 Å². The Hall–Kier alpha value is -3.47. The number of amides is 1. The molecule has 0 aliphatic carbocycles. The lowest BCUT2D eigenvalue weighted by Crippen LogP contribution is -2.37. The van der Waals surface area contributed by atoms with Crippen LogP contribution in [-0.2, 0) is 0 Å². The highest BCUT2D eigenvalue weighted by molar-refractivity contribution is 5.94. The number of hydrogen-bond acceptors (Lipinski definition) is 4. The number of carbonyl (C=O) groups excluding carboxylic acids is 1. The van der Waals surface area contributed by atoms with Crippen LogP contribution in [-0.4, -0.2) is 22.7 Å². The summed E-state index contributed by atoms with van der Waals surface area (Å²) in [6.07, 6.45) is 0. The summed E-state index contributed by atoms with van der Waals surface area (Å²) in [6, 6.07) is 20.5. The highest BCUT2D eigenvalue weighted by atomic mass is 16.5. The fourth-order valence-electron chi connectivity index (χ4n) is 3.40. The van der Waals surface area contributed by atoms with E-state index in [1.54, 1.807) is 42.5 Å². The summed E-state index contributed by atoms with van der Waals surface area (Å²) in [4.78, 5) is 12.8. The maximum Gasteiger partial charge on any atom is 0.251 e. The van der Waals surface area contributed by atoms with E-state index in [2.05, 4.69) is 5.32 Å². The van der Waals surface area contributed by atoms with Gasteiger partial charge in [-0.1, -0.05) is 30.3 Å². The molecular weight excluding hydrogens is 342 g/mol. The van der Waals surface area contributed by atoms with Crippen molar-refractivity contribution in [3.05, 3.63) is 89.5 Å². The van der Waals surface area contributed by atoms with E-state index < -0.39 is 0 Å². The van der Waals surface area contributed by atoms with Gasteiger partial charge in [0.25, 0.3) is 5.91 Å². The van der Waals surface area contributed by atoms with E-state index in [-0.39, 0.29) is 29.4 Å². The topological polar surface area (TPSA) is 78.8 Å². The molecule has 0 bridgehead atoms. The van der Waals surface area contributed by atoms with Crippen molar-refractivity contribution in [3.8, 4) is 17.2 Å². The van der Waals surface area contributed by atoms with E-state index in [9.17, 15) is 15.0 Å². The quantitative estimate of drug-likeness (QED) is 0.664. The van der Waals surface area contributed by atoms with E-state index in [0.717, 1.165) is 11.1 Å². The van der Waals surface area contributed by atoms with Gasteiger partial charge in [-0.2, -0.15) is 0 Å². The number of phenolic OH excluding ortho intramolecular Hbond substituents is 2. The van der Waals surface area contributed by atoms with Crippen molar-refractivity contribution in [1.29, 1.82) is 0 Å². The number of benzene rings is 3. The number of hydrogen-bond donors (Lipinski definition) is 3. The van der Waals surface area contributed by atoms with Crippen LogP contribution >= 0.6 is 0 Å². The Kier molecular flexibility index (Phi) is 4.42. The molecule has 0 fully saturated rings. The summed E-state index contributed by atoms with van der Waals surface area (Å²) >= 11 is 0. The lowest BCUT2D eigenvalue weighted by atomic mass is 9.85. The Bertz CT molecular complexity index is 954. The van der Waals surface area contributed by atoms with Gasteiger partial charge in [0.1, 0.15) is 17.2 Å². The number of carbonyl (C=O) groups is 1. The average Bonchev–Trinajstić information content (AvgIpc) is 2.69. The van der Waals surface area contributed by atoms with Crippen LogP contribution in [0.25, 0.3) is 0 Å². The maximum atomic E-state index is 12.8. The molecule has 5 heteroatoms. The molecule has 3 aromatic rings. The van der Waals surface area contributed by atoms with Gasteiger partial charge in [-0.3, -0.25) is 4.79 Å². The molecule has 0 saturated heterocycles. The molecular formula is C22H19NO4. The van der Waals surface area contributed by atoms with Gasteiger partial charge in [0, 0.05) is 23.1 Å². The Morgan fingerprint density at radius 2 is 1.63 bits per heavy atom. The van der Waals surface area contributed by atoms with Crippen LogP contribution in [0.5, 0.6) is 17.2 Å². The second-order valence-corrected chi connectivity index (χ2v) is 6.55. The lowest BCUT2D eigenvalue weighted by molar-refractivity contribution is 0.0915. The normalized spacial score (nSPS) is 18.2. The van der Waals surface area contributed by atoms with Crippen LogP contribution in [0.15, 0.2) is 72.8 Å². The molecule has 3 N–H and O–H groups in total. The largest absolute Gasteiger partial charge is 0.508 e.